The predicted octanol–water partition coefficient (Wildman–Crippen LogP) is 3.67. The molecule has 3 aliphatic rings. The Labute approximate surface area is 170 Å². The van der Waals surface area contributed by atoms with Crippen LogP contribution in [0.3, 0.4) is 0 Å². The molecule has 4 nitrogen and oxygen atoms in total. The van der Waals surface area contributed by atoms with Gasteiger partial charge in [-0.25, -0.2) is 0 Å². The van der Waals surface area contributed by atoms with Gasteiger partial charge >= 0.3 is 0 Å². The van der Waals surface area contributed by atoms with Crippen LogP contribution in [0.15, 0.2) is 24.3 Å². The third kappa shape index (κ3) is 4.77. The molecule has 1 aromatic carbocycles. The lowest BCUT2D eigenvalue weighted by atomic mass is 9.94. The van der Waals surface area contributed by atoms with Crippen LogP contribution in [0.25, 0.3) is 0 Å². The summed E-state index contributed by atoms with van der Waals surface area (Å²) in [6, 6.07) is 9.62. The minimum Gasteiger partial charge on any atom is -0.376 e. The third-order valence-corrected chi connectivity index (χ3v) is 6.94. The second-order valence-electron chi connectivity index (χ2n) is 8.99. The number of hydrogen-bond acceptors (Lipinski definition) is 3. The molecule has 0 aromatic heterocycles. The van der Waals surface area contributed by atoms with Gasteiger partial charge in [-0.05, 0) is 75.1 Å². The van der Waals surface area contributed by atoms with Crippen LogP contribution >= 0.6 is 0 Å². The van der Waals surface area contributed by atoms with Crippen LogP contribution in [0, 0.1) is 5.92 Å². The van der Waals surface area contributed by atoms with E-state index in [1.807, 2.05) is 0 Å². The number of nitrogens with zero attached hydrogens (tertiary/aromatic N) is 2. The van der Waals surface area contributed by atoms with Crippen molar-refractivity contribution < 1.29 is 9.53 Å². The molecule has 28 heavy (non-hydrogen) atoms. The lowest BCUT2D eigenvalue weighted by Crippen LogP contribution is -2.46. The van der Waals surface area contributed by atoms with Gasteiger partial charge in [-0.1, -0.05) is 31.2 Å². The topological polar surface area (TPSA) is 32.8 Å². The van der Waals surface area contributed by atoms with E-state index in [0.717, 1.165) is 39.0 Å². The van der Waals surface area contributed by atoms with Crippen LogP contribution < -0.4 is 0 Å². The van der Waals surface area contributed by atoms with Gasteiger partial charge in [-0.3, -0.25) is 9.69 Å². The van der Waals surface area contributed by atoms with Gasteiger partial charge in [0.2, 0.25) is 5.91 Å². The lowest BCUT2D eigenvalue weighted by Gasteiger charge is -2.38. The van der Waals surface area contributed by atoms with Crippen LogP contribution in [0.2, 0.25) is 0 Å². The molecule has 2 fully saturated rings. The van der Waals surface area contributed by atoms with Gasteiger partial charge in [0.1, 0.15) is 0 Å². The molecule has 2 aliphatic heterocycles. The van der Waals surface area contributed by atoms with E-state index in [0.29, 0.717) is 24.3 Å². The number of ether oxygens (including phenoxy) is 1. The van der Waals surface area contributed by atoms with Crippen molar-refractivity contribution in [3.8, 4) is 0 Å². The fourth-order valence-corrected chi connectivity index (χ4v) is 5.29. The number of benzene rings is 1. The van der Waals surface area contributed by atoms with Crippen LogP contribution in [-0.4, -0.2) is 60.6 Å². The summed E-state index contributed by atoms with van der Waals surface area (Å²) in [4.78, 5) is 17.5. The molecule has 1 aliphatic carbocycles. The van der Waals surface area contributed by atoms with Gasteiger partial charge in [0.25, 0.3) is 0 Å². The highest BCUT2D eigenvalue weighted by Gasteiger charge is 2.31. The van der Waals surface area contributed by atoms with E-state index < -0.39 is 0 Å². The van der Waals surface area contributed by atoms with E-state index in [2.05, 4.69) is 41.0 Å². The summed E-state index contributed by atoms with van der Waals surface area (Å²) in [6.45, 7) is 7.05. The number of piperidine rings is 1. The number of amides is 1. The van der Waals surface area contributed by atoms with Gasteiger partial charge < -0.3 is 9.64 Å². The Hall–Kier alpha value is -1.39. The summed E-state index contributed by atoms with van der Waals surface area (Å²) in [7, 11) is 0. The maximum absolute atomic E-state index is 12.7. The zero-order chi connectivity index (χ0) is 19.3. The van der Waals surface area contributed by atoms with Crippen molar-refractivity contribution in [1.29, 1.82) is 0 Å². The first-order valence-electron chi connectivity index (χ1n) is 11.4. The van der Waals surface area contributed by atoms with E-state index in [9.17, 15) is 4.79 Å². The first-order valence-corrected chi connectivity index (χ1v) is 11.4. The summed E-state index contributed by atoms with van der Waals surface area (Å²) >= 11 is 0. The molecule has 0 radical (unpaired) electrons. The maximum atomic E-state index is 12.7. The molecular weight excluding hydrogens is 348 g/mol. The SMILES string of the molecule is CCCC(=O)N(CC1CCN(C2Cc3ccccc3C2)CC1)CC1CCCO1. The van der Waals surface area contributed by atoms with Crippen LogP contribution in [0.1, 0.15) is 56.6 Å². The van der Waals surface area contributed by atoms with Crippen LogP contribution in [-0.2, 0) is 22.4 Å². The number of rotatable bonds is 7. The molecule has 1 aromatic rings. The van der Waals surface area contributed by atoms with Crippen molar-refractivity contribution in [2.45, 2.75) is 70.4 Å². The van der Waals surface area contributed by atoms with E-state index in [4.69, 9.17) is 4.74 Å². The number of carbonyl (C=O) groups is 1. The molecule has 1 unspecified atom stereocenters. The molecule has 4 heteroatoms. The predicted molar refractivity (Wildman–Crippen MR) is 112 cm³/mol. The average molecular weight is 385 g/mol. The maximum Gasteiger partial charge on any atom is 0.222 e. The highest BCUT2D eigenvalue weighted by atomic mass is 16.5. The second kappa shape index (κ2) is 9.41. The molecular formula is C24H36N2O2. The highest BCUT2D eigenvalue weighted by molar-refractivity contribution is 5.76. The fraction of sp³-hybridized carbons (Fsp3) is 0.708. The van der Waals surface area contributed by atoms with Crippen molar-refractivity contribution in [2.75, 3.05) is 32.8 Å². The average Bonchev–Trinajstić information content (AvgIpc) is 3.37. The standard InChI is InChI=1S/C24H36N2O2/c1-2-6-24(27)26(18-23-9-5-14-28-23)17-19-10-12-25(13-11-19)22-15-20-7-3-4-8-21(20)16-22/h3-4,7-8,19,22-23H,2,5-6,9-18H2,1H3. The summed E-state index contributed by atoms with van der Waals surface area (Å²) in [6.07, 6.45) is 8.97. The normalized spacial score (nSPS) is 23.8. The zero-order valence-corrected chi connectivity index (χ0v) is 17.4. The number of fused-ring (bicyclic) bond motifs is 1. The Balaban J connectivity index is 1.28. The first-order chi connectivity index (χ1) is 13.7. The molecule has 0 bridgehead atoms. The monoisotopic (exact) mass is 384 g/mol. The highest BCUT2D eigenvalue weighted by Crippen LogP contribution is 2.29. The molecule has 154 valence electrons. The smallest absolute Gasteiger partial charge is 0.222 e. The van der Waals surface area contributed by atoms with Crippen molar-refractivity contribution in [3.63, 3.8) is 0 Å². The summed E-state index contributed by atoms with van der Waals surface area (Å²) in [5.41, 5.74) is 3.09. The van der Waals surface area contributed by atoms with Gasteiger partial charge in [0, 0.05) is 32.2 Å². The molecule has 1 atom stereocenters. The summed E-state index contributed by atoms with van der Waals surface area (Å²) in [5, 5.41) is 0. The van der Waals surface area contributed by atoms with Gasteiger partial charge in [-0.15, -0.1) is 0 Å². The van der Waals surface area contributed by atoms with Gasteiger partial charge in [0.15, 0.2) is 0 Å². The van der Waals surface area contributed by atoms with Crippen molar-refractivity contribution >= 4 is 5.91 Å². The number of hydrogen-bond donors (Lipinski definition) is 0. The summed E-state index contributed by atoms with van der Waals surface area (Å²) in [5.74, 6) is 0.967. The van der Waals surface area contributed by atoms with E-state index in [1.54, 1.807) is 11.1 Å². The molecule has 0 saturated carbocycles. The molecule has 2 heterocycles. The molecule has 2 saturated heterocycles. The van der Waals surface area contributed by atoms with Crippen LogP contribution in [0.4, 0.5) is 0 Å². The number of likely N-dealkylation sites (tertiary alicyclic amines) is 1. The zero-order valence-electron chi connectivity index (χ0n) is 17.4. The number of carbonyl (C=O) groups excluding carboxylic acids is 1. The summed E-state index contributed by atoms with van der Waals surface area (Å²) < 4.78 is 5.81. The minimum atomic E-state index is 0.262. The van der Waals surface area contributed by atoms with E-state index in [1.165, 1.54) is 38.8 Å². The Morgan fingerprint density at radius 2 is 1.82 bits per heavy atom. The minimum absolute atomic E-state index is 0.262. The Morgan fingerprint density at radius 3 is 2.43 bits per heavy atom. The molecule has 4 rings (SSSR count). The van der Waals surface area contributed by atoms with Crippen molar-refractivity contribution in [1.82, 2.24) is 9.80 Å². The van der Waals surface area contributed by atoms with Gasteiger partial charge in [0.05, 0.1) is 6.10 Å². The Bertz CT molecular complexity index is 623. The van der Waals surface area contributed by atoms with Crippen molar-refractivity contribution in [3.05, 3.63) is 35.4 Å². The third-order valence-electron chi connectivity index (χ3n) is 6.94. The van der Waals surface area contributed by atoms with Crippen molar-refractivity contribution in [2.24, 2.45) is 5.92 Å². The van der Waals surface area contributed by atoms with E-state index in [-0.39, 0.29) is 6.10 Å². The van der Waals surface area contributed by atoms with Crippen LogP contribution in [0.5, 0.6) is 0 Å². The lowest BCUT2D eigenvalue weighted by molar-refractivity contribution is -0.133. The molecule has 0 N–H and O–H groups in total. The first kappa shape index (κ1) is 19.9. The largest absolute Gasteiger partial charge is 0.376 e. The van der Waals surface area contributed by atoms with Gasteiger partial charge in [-0.2, -0.15) is 0 Å². The fourth-order valence-electron chi connectivity index (χ4n) is 5.29. The Morgan fingerprint density at radius 1 is 1.11 bits per heavy atom. The molecule has 0 spiro atoms. The quantitative estimate of drug-likeness (QED) is 0.719. The van der Waals surface area contributed by atoms with E-state index >= 15 is 0 Å². The molecule has 1 amide bonds. The second-order valence-corrected chi connectivity index (χ2v) is 8.99. The Kier molecular flexibility index (Phi) is 6.69.